The first kappa shape index (κ1) is 26.5. The highest BCUT2D eigenvalue weighted by Gasteiger charge is 2.54. The van der Waals surface area contributed by atoms with Gasteiger partial charge < -0.3 is 15.1 Å². The van der Waals surface area contributed by atoms with E-state index in [1.165, 1.54) is 31.3 Å². The molecule has 3 fully saturated rings. The number of fused-ring (bicyclic) bond motifs is 1. The Kier molecular flexibility index (Phi) is 8.23. The van der Waals surface area contributed by atoms with Crippen molar-refractivity contribution in [3.8, 4) is 0 Å². The summed E-state index contributed by atoms with van der Waals surface area (Å²) in [5.74, 6) is 1.14. The molecule has 0 aromatic rings. The molecular formula is C27H42F3NO2. The Bertz CT molecular complexity index is 764. The Morgan fingerprint density at radius 2 is 1.91 bits per heavy atom. The number of hydrogen-bond acceptors (Lipinski definition) is 3. The van der Waals surface area contributed by atoms with Crippen LogP contribution in [-0.2, 0) is 0 Å². The number of nitrogens with zero attached hydrogens (tertiary/aromatic N) is 1. The van der Waals surface area contributed by atoms with Gasteiger partial charge in [0.2, 0.25) is 0 Å². The number of alkyl halides is 3. The van der Waals surface area contributed by atoms with Gasteiger partial charge in [-0.1, -0.05) is 38.2 Å². The van der Waals surface area contributed by atoms with Crippen molar-refractivity contribution in [2.75, 3.05) is 19.6 Å². The molecule has 0 aromatic carbocycles. The Hall–Kier alpha value is -1.11. The first-order valence-electron chi connectivity index (χ1n) is 12.7. The van der Waals surface area contributed by atoms with E-state index >= 15 is 0 Å². The molecule has 1 aliphatic heterocycles. The summed E-state index contributed by atoms with van der Waals surface area (Å²) < 4.78 is 39.2. The van der Waals surface area contributed by atoms with E-state index in [1.54, 1.807) is 0 Å². The van der Waals surface area contributed by atoms with Crippen molar-refractivity contribution >= 4 is 0 Å². The first-order valence-corrected chi connectivity index (χ1v) is 12.7. The van der Waals surface area contributed by atoms with Crippen molar-refractivity contribution in [2.24, 2.45) is 17.3 Å². The van der Waals surface area contributed by atoms with Gasteiger partial charge in [-0.2, -0.15) is 13.2 Å². The maximum atomic E-state index is 13.1. The van der Waals surface area contributed by atoms with E-state index in [9.17, 15) is 23.4 Å². The van der Waals surface area contributed by atoms with E-state index in [4.69, 9.17) is 0 Å². The monoisotopic (exact) mass is 469 g/mol. The van der Waals surface area contributed by atoms with Crippen molar-refractivity contribution < 1.29 is 23.4 Å². The van der Waals surface area contributed by atoms with Crippen LogP contribution < -0.4 is 0 Å². The van der Waals surface area contributed by atoms with Crippen LogP contribution in [-0.4, -0.2) is 52.6 Å². The van der Waals surface area contributed by atoms with Crippen molar-refractivity contribution in [1.82, 2.24) is 4.90 Å². The third-order valence-corrected chi connectivity index (χ3v) is 9.01. The van der Waals surface area contributed by atoms with Gasteiger partial charge in [-0.15, -0.1) is 0 Å². The third kappa shape index (κ3) is 5.59. The summed E-state index contributed by atoms with van der Waals surface area (Å²) in [5.41, 5.74) is 1.05. The summed E-state index contributed by atoms with van der Waals surface area (Å²) in [5, 5.41) is 20.0. The molecule has 0 bridgehead atoms. The van der Waals surface area contributed by atoms with Gasteiger partial charge in [-0.25, -0.2) is 0 Å². The second-order valence-corrected chi connectivity index (χ2v) is 10.9. The van der Waals surface area contributed by atoms with E-state index in [0.717, 1.165) is 30.5 Å². The largest absolute Gasteiger partial charge is 0.417 e. The van der Waals surface area contributed by atoms with Crippen LogP contribution in [0.1, 0.15) is 78.6 Å². The average molecular weight is 470 g/mol. The molecule has 2 N–H and O–H groups in total. The van der Waals surface area contributed by atoms with Gasteiger partial charge in [0.05, 0.1) is 6.10 Å². The minimum atomic E-state index is -4.54. The molecule has 2 aliphatic carbocycles. The zero-order chi connectivity index (χ0) is 24.4. The standard InChI is InChI=1S/C27H42F3NO2/c1-5-24(32)20(3)19(2)8-9-21-7-6-13-25(4)22(10-11-23(21)25)12-16-31-17-14-26(33,15-18-31)27(28,29)30/h8-9,22-24,32-33H,3,5-7,10-18H2,1-2,4H3/b19-8-,21-9+/t22-,23?,24?,25?/m1/s1. The predicted molar refractivity (Wildman–Crippen MR) is 127 cm³/mol. The lowest BCUT2D eigenvalue weighted by molar-refractivity contribution is -0.272. The van der Waals surface area contributed by atoms with Crippen molar-refractivity contribution in [3.05, 3.63) is 35.5 Å². The van der Waals surface area contributed by atoms with Gasteiger partial charge in [-0.05, 0) is 99.7 Å². The van der Waals surface area contributed by atoms with Gasteiger partial charge in [0.1, 0.15) is 0 Å². The van der Waals surface area contributed by atoms with Crippen molar-refractivity contribution in [2.45, 2.75) is 96.4 Å². The summed E-state index contributed by atoms with van der Waals surface area (Å²) in [6.07, 6.45) is 6.40. The van der Waals surface area contributed by atoms with Crippen molar-refractivity contribution in [1.29, 1.82) is 0 Å². The van der Waals surface area contributed by atoms with Crippen LogP contribution in [0.3, 0.4) is 0 Å². The Labute approximate surface area is 197 Å². The topological polar surface area (TPSA) is 43.7 Å². The van der Waals surface area contributed by atoms with Crippen LogP contribution in [0, 0.1) is 17.3 Å². The first-order chi connectivity index (χ1) is 15.4. The fourth-order valence-electron chi connectivity index (χ4n) is 6.44. The highest BCUT2D eigenvalue weighted by atomic mass is 19.4. The normalized spacial score (nSPS) is 33.2. The molecule has 3 rings (SSSR count). The fraction of sp³-hybridized carbons (Fsp3) is 0.778. The molecule has 2 saturated carbocycles. The molecule has 3 nitrogen and oxygen atoms in total. The van der Waals surface area contributed by atoms with Crippen LogP contribution in [0.4, 0.5) is 13.2 Å². The number of rotatable bonds is 7. The summed E-state index contributed by atoms with van der Waals surface area (Å²) in [7, 11) is 0. The molecule has 3 unspecified atom stereocenters. The van der Waals surface area contributed by atoms with Gasteiger partial charge in [0, 0.05) is 13.1 Å². The predicted octanol–water partition coefficient (Wildman–Crippen LogP) is 6.18. The summed E-state index contributed by atoms with van der Waals surface area (Å²) in [6, 6.07) is 0. The third-order valence-electron chi connectivity index (χ3n) is 9.01. The van der Waals surface area contributed by atoms with Gasteiger partial charge in [0.15, 0.2) is 5.60 Å². The molecule has 188 valence electrons. The Morgan fingerprint density at radius 3 is 2.52 bits per heavy atom. The number of halogens is 3. The van der Waals surface area contributed by atoms with Crippen LogP contribution in [0.2, 0.25) is 0 Å². The molecule has 3 aliphatic rings. The number of hydrogen-bond donors (Lipinski definition) is 2. The van der Waals surface area contributed by atoms with E-state index in [-0.39, 0.29) is 18.3 Å². The number of aliphatic hydroxyl groups is 2. The van der Waals surface area contributed by atoms with Crippen LogP contribution >= 0.6 is 0 Å². The lowest BCUT2D eigenvalue weighted by Gasteiger charge is -2.43. The zero-order valence-electron chi connectivity index (χ0n) is 20.6. The number of likely N-dealkylation sites (tertiary alicyclic amines) is 1. The molecule has 0 radical (unpaired) electrons. The van der Waals surface area contributed by atoms with E-state index in [2.05, 4.69) is 30.6 Å². The lowest BCUT2D eigenvalue weighted by atomic mass is 9.63. The summed E-state index contributed by atoms with van der Waals surface area (Å²) in [6.45, 7) is 11.9. The highest BCUT2D eigenvalue weighted by molar-refractivity contribution is 5.34. The lowest BCUT2D eigenvalue weighted by Crippen LogP contribution is -2.53. The minimum absolute atomic E-state index is 0.225. The fourth-order valence-corrected chi connectivity index (χ4v) is 6.44. The second kappa shape index (κ2) is 10.2. The van der Waals surface area contributed by atoms with E-state index < -0.39 is 17.9 Å². The van der Waals surface area contributed by atoms with E-state index in [0.29, 0.717) is 31.3 Å². The molecule has 0 aromatic heterocycles. The van der Waals surface area contributed by atoms with Crippen molar-refractivity contribution in [3.63, 3.8) is 0 Å². The maximum absolute atomic E-state index is 13.1. The second-order valence-electron chi connectivity index (χ2n) is 10.9. The van der Waals surface area contributed by atoms with Crippen LogP contribution in [0.5, 0.6) is 0 Å². The molecule has 6 heteroatoms. The Balaban J connectivity index is 1.59. The number of piperidine rings is 1. The molecule has 1 saturated heterocycles. The summed E-state index contributed by atoms with van der Waals surface area (Å²) >= 11 is 0. The molecule has 33 heavy (non-hydrogen) atoms. The SMILES string of the molecule is C=C(/C(C)=C\C=C1/CCCC2(C)C1CC[C@@H]2CCN1CCC(O)(C(F)(F)F)CC1)C(O)CC. The molecule has 0 spiro atoms. The van der Waals surface area contributed by atoms with E-state index in [1.807, 2.05) is 13.8 Å². The minimum Gasteiger partial charge on any atom is -0.388 e. The van der Waals surface area contributed by atoms with Crippen LogP contribution in [0.25, 0.3) is 0 Å². The maximum Gasteiger partial charge on any atom is 0.417 e. The molecule has 1 heterocycles. The molecule has 4 atom stereocenters. The number of aliphatic hydroxyl groups excluding tert-OH is 1. The Morgan fingerprint density at radius 1 is 1.24 bits per heavy atom. The molecule has 0 amide bonds. The smallest absolute Gasteiger partial charge is 0.388 e. The summed E-state index contributed by atoms with van der Waals surface area (Å²) in [4.78, 5) is 2.10. The number of allylic oxidation sites excluding steroid dienone is 3. The highest BCUT2D eigenvalue weighted by Crippen LogP contribution is 2.58. The quantitative estimate of drug-likeness (QED) is 0.438. The zero-order valence-corrected chi connectivity index (χ0v) is 20.6. The van der Waals surface area contributed by atoms with Gasteiger partial charge in [-0.3, -0.25) is 0 Å². The van der Waals surface area contributed by atoms with Crippen LogP contribution in [0.15, 0.2) is 35.5 Å². The molecular weight excluding hydrogens is 427 g/mol. The van der Waals surface area contributed by atoms with Gasteiger partial charge >= 0.3 is 6.18 Å². The van der Waals surface area contributed by atoms with Gasteiger partial charge in [0.25, 0.3) is 0 Å². The average Bonchev–Trinajstić information content (AvgIpc) is 3.11.